The van der Waals surface area contributed by atoms with Gasteiger partial charge in [0.2, 0.25) is 15.9 Å². The standard InChI is InChI=1S/C23H31ClN2O5S/c1-6-19(26(32(5,28)29)20-15-17(24)11-12-22(20)30-4)23(27)25-13-14-31-21-10-8-7-9-18(21)16(2)3/h7-12,15-16,19H,6,13-14H2,1-5H3,(H,25,27)/t19-/m0/s1. The number of carbonyl (C=O) groups excluding carboxylic acids is 1. The summed E-state index contributed by atoms with van der Waals surface area (Å²) in [6, 6.07) is 11.4. The van der Waals surface area contributed by atoms with E-state index in [1.54, 1.807) is 19.1 Å². The molecule has 0 radical (unpaired) electrons. The Kier molecular flexibility index (Phi) is 9.21. The normalized spacial score (nSPS) is 12.3. The maximum absolute atomic E-state index is 13.0. The van der Waals surface area contributed by atoms with Gasteiger partial charge in [0.05, 0.1) is 25.6 Å². The SMILES string of the molecule is CC[C@@H](C(=O)NCCOc1ccccc1C(C)C)N(c1cc(Cl)ccc1OC)S(C)(=O)=O. The van der Waals surface area contributed by atoms with Crippen molar-refractivity contribution in [3.05, 3.63) is 53.1 Å². The summed E-state index contributed by atoms with van der Waals surface area (Å²) in [7, 11) is -2.38. The van der Waals surface area contributed by atoms with E-state index in [1.165, 1.54) is 13.2 Å². The van der Waals surface area contributed by atoms with Crippen LogP contribution in [0.4, 0.5) is 5.69 Å². The predicted molar refractivity (Wildman–Crippen MR) is 128 cm³/mol. The van der Waals surface area contributed by atoms with Gasteiger partial charge in [-0.05, 0) is 42.2 Å². The lowest BCUT2D eigenvalue weighted by Crippen LogP contribution is -2.50. The van der Waals surface area contributed by atoms with Crippen molar-refractivity contribution in [2.75, 3.05) is 30.8 Å². The molecule has 1 N–H and O–H groups in total. The molecule has 0 spiro atoms. The molecule has 176 valence electrons. The van der Waals surface area contributed by atoms with Gasteiger partial charge in [0.25, 0.3) is 0 Å². The Morgan fingerprint density at radius 3 is 2.44 bits per heavy atom. The topological polar surface area (TPSA) is 84.9 Å². The lowest BCUT2D eigenvalue weighted by Gasteiger charge is -2.31. The second-order valence-electron chi connectivity index (χ2n) is 7.63. The number of amides is 1. The van der Waals surface area contributed by atoms with Crippen LogP contribution in [0.2, 0.25) is 5.02 Å². The van der Waals surface area contributed by atoms with E-state index in [1.807, 2.05) is 24.3 Å². The number of anilines is 1. The Morgan fingerprint density at radius 2 is 1.84 bits per heavy atom. The first-order valence-corrected chi connectivity index (χ1v) is 12.6. The van der Waals surface area contributed by atoms with Crippen LogP contribution in [0, 0.1) is 0 Å². The number of benzene rings is 2. The number of ether oxygens (including phenoxy) is 2. The first-order valence-electron chi connectivity index (χ1n) is 10.4. The average molecular weight is 483 g/mol. The summed E-state index contributed by atoms with van der Waals surface area (Å²) in [6.45, 7) is 6.39. The van der Waals surface area contributed by atoms with E-state index >= 15 is 0 Å². The van der Waals surface area contributed by atoms with Crippen LogP contribution < -0.4 is 19.1 Å². The minimum atomic E-state index is -3.81. The predicted octanol–water partition coefficient (Wildman–Crippen LogP) is 4.21. The lowest BCUT2D eigenvalue weighted by atomic mass is 10.0. The number of para-hydroxylation sites is 1. The molecule has 2 aromatic carbocycles. The van der Waals surface area contributed by atoms with Crippen molar-refractivity contribution in [2.45, 2.75) is 39.2 Å². The van der Waals surface area contributed by atoms with E-state index < -0.39 is 22.0 Å². The molecule has 9 heteroatoms. The highest BCUT2D eigenvalue weighted by atomic mass is 35.5. The third kappa shape index (κ3) is 6.53. The highest BCUT2D eigenvalue weighted by Gasteiger charge is 2.33. The molecule has 32 heavy (non-hydrogen) atoms. The average Bonchev–Trinajstić information content (AvgIpc) is 2.74. The van der Waals surface area contributed by atoms with E-state index in [2.05, 4.69) is 19.2 Å². The minimum absolute atomic E-state index is 0.214. The molecule has 0 bridgehead atoms. The zero-order valence-corrected chi connectivity index (χ0v) is 20.7. The van der Waals surface area contributed by atoms with Crippen molar-refractivity contribution in [2.24, 2.45) is 0 Å². The van der Waals surface area contributed by atoms with Crippen LogP contribution in [0.1, 0.15) is 38.7 Å². The van der Waals surface area contributed by atoms with E-state index in [0.29, 0.717) is 16.7 Å². The number of hydrogen-bond acceptors (Lipinski definition) is 5. The number of nitrogens with zero attached hydrogens (tertiary/aromatic N) is 1. The van der Waals surface area contributed by atoms with Gasteiger partial charge in [0.15, 0.2) is 0 Å². The molecule has 1 amide bonds. The fourth-order valence-electron chi connectivity index (χ4n) is 3.41. The van der Waals surface area contributed by atoms with Gasteiger partial charge in [-0.2, -0.15) is 0 Å². The van der Waals surface area contributed by atoms with E-state index in [4.69, 9.17) is 21.1 Å². The first kappa shape index (κ1) is 25.8. The summed E-state index contributed by atoms with van der Waals surface area (Å²) in [4.78, 5) is 13.0. The molecule has 0 saturated heterocycles. The van der Waals surface area contributed by atoms with Crippen LogP contribution in [0.5, 0.6) is 11.5 Å². The summed E-state index contributed by atoms with van der Waals surface area (Å²) in [5.74, 6) is 0.951. The number of halogens is 1. The zero-order valence-electron chi connectivity index (χ0n) is 19.1. The van der Waals surface area contributed by atoms with Gasteiger partial charge in [-0.25, -0.2) is 8.42 Å². The highest BCUT2D eigenvalue weighted by molar-refractivity contribution is 7.92. The van der Waals surface area contributed by atoms with Gasteiger partial charge >= 0.3 is 0 Å². The summed E-state index contributed by atoms with van der Waals surface area (Å²) in [5, 5.41) is 3.12. The van der Waals surface area contributed by atoms with E-state index in [9.17, 15) is 13.2 Å². The molecule has 1 atom stereocenters. The van der Waals surface area contributed by atoms with Gasteiger partial charge < -0.3 is 14.8 Å². The number of methoxy groups -OCH3 is 1. The minimum Gasteiger partial charge on any atom is -0.495 e. The van der Waals surface area contributed by atoms with Crippen molar-refractivity contribution in [1.82, 2.24) is 5.32 Å². The quantitative estimate of drug-likeness (QED) is 0.485. The van der Waals surface area contributed by atoms with Crippen molar-refractivity contribution in [1.29, 1.82) is 0 Å². The van der Waals surface area contributed by atoms with Crippen LogP contribution in [0.15, 0.2) is 42.5 Å². The maximum Gasteiger partial charge on any atom is 0.244 e. The highest BCUT2D eigenvalue weighted by Crippen LogP contribution is 2.34. The number of sulfonamides is 1. The molecule has 2 rings (SSSR count). The Morgan fingerprint density at radius 1 is 1.16 bits per heavy atom. The third-order valence-electron chi connectivity index (χ3n) is 4.91. The summed E-state index contributed by atoms with van der Waals surface area (Å²) >= 11 is 6.10. The molecular weight excluding hydrogens is 452 g/mol. The molecule has 0 aliphatic carbocycles. The van der Waals surface area contributed by atoms with Gasteiger partial charge in [0.1, 0.15) is 24.1 Å². The summed E-state index contributed by atoms with van der Waals surface area (Å²) in [5.41, 5.74) is 1.30. The molecule has 0 fully saturated rings. The first-order chi connectivity index (χ1) is 15.1. The number of hydrogen-bond donors (Lipinski definition) is 1. The summed E-state index contributed by atoms with van der Waals surface area (Å²) in [6.07, 6.45) is 1.31. The van der Waals surface area contributed by atoms with Gasteiger partial charge in [-0.3, -0.25) is 9.10 Å². The number of rotatable bonds is 11. The maximum atomic E-state index is 13.0. The fraction of sp³-hybridized carbons (Fsp3) is 0.435. The van der Waals surface area contributed by atoms with Crippen molar-refractivity contribution < 1.29 is 22.7 Å². The van der Waals surface area contributed by atoms with E-state index in [0.717, 1.165) is 21.9 Å². The molecular formula is C23H31ClN2O5S. The molecule has 0 saturated carbocycles. The third-order valence-corrected chi connectivity index (χ3v) is 6.31. The summed E-state index contributed by atoms with van der Waals surface area (Å²) < 4.78 is 37.5. The monoisotopic (exact) mass is 482 g/mol. The molecule has 0 unspecified atom stereocenters. The number of nitrogens with one attached hydrogen (secondary N) is 1. The Bertz CT molecular complexity index is 1030. The number of carbonyl (C=O) groups is 1. The second kappa shape index (κ2) is 11.4. The van der Waals surface area contributed by atoms with Crippen molar-refractivity contribution >= 4 is 33.2 Å². The zero-order chi connectivity index (χ0) is 23.9. The Hall–Kier alpha value is -2.45. The smallest absolute Gasteiger partial charge is 0.244 e. The molecule has 2 aromatic rings. The van der Waals surface area contributed by atoms with Gasteiger partial charge in [-0.15, -0.1) is 0 Å². The Labute approximate surface area is 195 Å². The molecule has 0 aliphatic rings. The molecule has 0 heterocycles. The van der Waals surface area contributed by atoms with Gasteiger partial charge in [-0.1, -0.05) is 50.6 Å². The molecule has 0 aliphatic heterocycles. The molecule has 0 aromatic heterocycles. The van der Waals surface area contributed by atoms with Crippen molar-refractivity contribution in [3.8, 4) is 11.5 Å². The molecule has 7 nitrogen and oxygen atoms in total. The van der Waals surface area contributed by atoms with Crippen LogP contribution in [0.3, 0.4) is 0 Å². The largest absolute Gasteiger partial charge is 0.495 e. The van der Waals surface area contributed by atoms with Crippen molar-refractivity contribution in [3.63, 3.8) is 0 Å². The van der Waals surface area contributed by atoms with Crippen LogP contribution in [0.25, 0.3) is 0 Å². The lowest BCUT2D eigenvalue weighted by molar-refractivity contribution is -0.122. The van der Waals surface area contributed by atoms with E-state index in [-0.39, 0.29) is 25.3 Å². The van der Waals surface area contributed by atoms with Crippen LogP contribution >= 0.6 is 11.6 Å². The van der Waals surface area contributed by atoms with Crippen LogP contribution in [-0.4, -0.2) is 46.9 Å². The van der Waals surface area contributed by atoms with Crippen LogP contribution in [-0.2, 0) is 14.8 Å². The van der Waals surface area contributed by atoms with Gasteiger partial charge in [0, 0.05) is 5.02 Å². The Balaban J connectivity index is 2.15. The second-order valence-corrected chi connectivity index (χ2v) is 9.93. The fourth-order valence-corrected chi connectivity index (χ4v) is 4.79.